The molecule has 0 aliphatic carbocycles. The third-order valence-electron chi connectivity index (χ3n) is 3.92. The molecule has 3 rings (SSSR count). The Bertz CT molecular complexity index is 1010. The maximum atomic E-state index is 13.3. The molecular formula is C18H12Cl3FN2O3. The Kier molecular flexibility index (Phi) is 5.33. The quantitative estimate of drug-likeness (QED) is 0.703. The van der Waals surface area contributed by atoms with Crippen LogP contribution in [-0.2, 0) is 9.59 Å². The number of hydrogen-bond acceptors (Lipinski definition) is 4. The highest BCUT2D eigenvalue weighted by molar-refractivity contribution is 6.53. The molecule has 9 heteroatoms. The van der Waals surface area contributed by atoms with Gasteiger partial charge in [-0.25, -0.2) is 9.29 Å². The summed E-state index contributed by atoms with van der Waals surface area (Å²) in [5.74, 6) is -1.79. The van der Waals surface area contributed by atoms with Gasteiger partial charge in [0.2, 0.25) is 0 Å². The summed E-state index contributed by atoms with van der Waals surface area (Å²) in [5, 5.41) is 2.70. The molecule has 0 aromatic heterocycles. The Morgan fingerprint density at radius 3 is 2.37 bits per heavy atom. The van der Waals surface area contributed by atoms with Gasteiger partial charge < -0.3 is 10.1 Å². The molecule has 0 atom stereocenters. The molecule has 2 amide bonds. The predicted molar refractivity (Wildman–Crippen MR) is 103 cm³/mol. The average Bonchev–Trinajstić information content (AvgIpc) is 2.83. The zero-order valence-corrected chi connectivity index (χ0v) is 16.3. The first-order valence-corrected chi connectivity index (χ1v) is 8.72. The van der Waals surface area contributed by atoms with Gasteiger partial charge in [-0.15, -0.1) is 0 Å². The molecule has 0 saturated heterocycles. The molecule has 0 bridgehead atoms. The van der Waals surface area contributed by atoms with Crippen molar-refractivity contribution in [1.82, 2.24) is 0 Å². The van der Waals surface area contributed by atoms with Gasteiger partial charge in [0.15, 0.2) is 0 Å². The van der Waals surface area contributed by atoms with Crippen molar-refractivity contribution in [2.24, 2.45) is 0 Å². The van der Waals surface area contributed by atoms with Crippen molar-refractivity contribution in [3.8, 4) is 5.75 Å². The molecule has 1 heterocycles. The van der Waals surface area contributed by atoms with E-state index >= 15 is 0 Å². The topological polar surface area (TPSA) is 58.6 Å². The number of rotatable bonds is 4. The number of amides is 2. The summed E-state index contributed by atoms with van der Waals surface area (Å²) in [6, 6.07) is 6.84. The first kappa shape index (κ1) is 19.5. The number of carbonyl (C=O) groups is 2. The first-order chi connectivity index (χ1) is 12.7. The van der Waals surface area contributed by atoms with Crippen LogP contribution in [0.4, 0.5) is 15.8 Å². The second-order valence-corrected chi connectivity index (χ2v) is 6.85. The molecule has 27 heavy (non-hydrogen) atoms. The van der Waals surface area contributed by atoms with Crippen LogP contribution >= 0.6 is 34.8 Å². The van der Waals surface area contributed by atoms with E-state index in [1.54, 1.807) is 13.0 Å². The van der Waals surface area contributed by atoms with Gasteiger partial charge in [-0.05, 0) is 36.8 Å². The Morgan fingerprint density at radius 1 is 1.04 bits per heavy atom. The van der Waals surface area contributed by atoms with Crippen LogP contribution in [0.25, 0.3) is 0 Å². The normalized spacial score (nSPS) is 14.2. The van der Waals surface area contributed by atoms with Crippen LogP contribution in [0.3, 0.4) is 0 Å². The fraction of sp³-hybridized carbons (Fsp3) is 0.111. The van der Waals surface area contributed by atoms with Crippen molar-refractivity contribution < 1.29 is 18.7 Å². The number of aryl methyl sites for hydroxylation is 1. The van der Waals surface area contributed by atoms with E-state index in [9.17, 15) is 14.0 Å². The third kappa shape index (κ3) is 3.48. The molecule has 2 aromatic rings. The van der Waals surface area contributed by atoms with E-state index in [4.69, 9.17) is 39.5 Å². The number of halogens is 4. The van der Waals surface area contributed by atoms with E-state index < -0.39 is 17.6 Å². The number of imide groups is 1. The monoisotopic (exact) mass is 428 g/mol. The van der Waals surface area contributed by atoms with Gasteiger partial charge >= 0.3 is 0 Å². The van der Waals surface area contributed by atoms with Gasteiger partial charge in [-0.1, -0.05) is 34.8 Å². The van der Waals surface area contributed by atoms with Gasteiger partial charge in [-0.3, -0.25) is 9.59 Å². The summed E-state index contributed by atoms with van der Waals surface area (Å²) in [4.78, 5) is 26.3. The highest BCUT2D eigenvalue weighted by Crippen LogP contribution is 2.38. The van der Waals surface area contributed by atoms with Crippen molar-refractivity contribution in [3.63, 3.8) is 0 Å². The summed E-state index contributed by atoms with van der Waals surface area (Å²) in [5.41, 5.74) is 1.01. The Morgan fingerprint density at radius 2 is 1.74 bits per heavy atom. The smallest absolute Gasteiger partial charge is 0.283 e. The lowest BCUT2D eigenvalue weighted by molar-refractivity contribution is -0.120. The molecule has 0 saturated carbocycles. The molecule has 0 unspecified atom stereocenters. The minimum atomic E-state index is -0.725. The molecule has 0 fully saturated rings. The molecular weight excluding hydrogens is 418 g/mol. The number of anilines is 2. The van der Waals surface area contributed by atoms with Crippen LogP contribution in [0.2, 0.25) is 10.0 Å². The molecule has 0 radical (unpaired) electrons. The van der Waals surface area contributed by atoms with E-state index in [0.717, 1.165) is 11.0 Å². The van der Waals surface area contributed by atoms with Crippen molar-refractivity contribution in [2.75, 3.05) is 17.3 Å². The number of methoxy groups -OCH3 is 1. The number of hydrogen-bond donors (Lipinski definition) is 1. The van der Waals surface area contributed by atoms with Crippen molar-refractivity contribution in [3.05, 3.63) is 62.5 Å². The van der Waals surface area contributed by atoms with Gasteiger partial charge in [0.25, 0.3) is 11.8 Å². The molecule has 1 N–H and O–H groups in total. The Balaban J connectivity index is 1.99. The second kappa shape index (κ2) is 7.38. The Labute approximate surface area is 169 Å². The number of nitrogens with one attached hydrogen (secondary N) is 1. The molecule has 140 valence electrons. The molecule has 1 aliphatic rings. The number of ether oxygens (including phenoxy) is 1. The SMILES string of the molecule is COc1cc(Cl)c(C)cc1N1C(=O)C(Cl)=C(Nc2ccc(F)c(Cl)c2)C1=O. The average molecular weight is 430 g/mol. The van der Waals surface area contributed by atoms with Crippen LogP contribution in [0, 0.1) is 12.7 Å². The standard InChI is InChI=1S/C18H12Cl3FN2O3/c1-8-5-13(14(27-2)7-10(8)19)24-17(25)15(21)16(18(24)26)23-9-3-4-12(22)11(20)6-9/h3-7,23H,1-2H3. The predicted octanol–water partition coefficient (Wildman–Crippen LogP) is 4.89. The molecule has 5 nitrogen and oxygen atoms in total. The highest BCUT2D eigenvalue weighted by atomic mass is 35.5. The first-order valence-electron chi connectivity index (χ1n) is 7.59. The minimum absolute atomic E-state index is 0.139. The highest BCUT2D eigenvalue weighted by Gasteiger charge is 2.40. The van der Waals surface area contributed by atoms with Crippen LogP contribution in [0.1, 0.15) is 5.56 Å². The maximum Gasteiger partial charge on any atom is 0.283 e. The van der Waals surface area contributed by atoms with Crippen LogP contribution in [-0.4, -0.2) is 18.9 Å². The van der Waals surface area contributed by atoms with Gasteiger partial charge in [0.1, 0.15) is 22.3 Å². The molecule has 1 aliphatic heterocycles. The summed E-state index contributed by atoms with van der Waals surface area (Å²) in [6.45, 7) is 1.73. The molecule has 2 aromatic carbocycles. The van der Waals surface area contributed by atoms with Crippen LogP contribution in [0.5, 0.6) is 5.75 Å². The van der Waals surface area contributed by atoms with E-state index in [-0.39, 0.29) is 27.2 Å². The minimum Gasteiger partial charge on any atom is -0.494 e. The van der Waals surface area contributed by atoms with E-state index in [1.165, 1.54) is 25.3 Å². The van der Waals surface area contributed by atoms with E-state index in [2.05, 4.69) is 5.32 Å². The lowest BCUT2D eigenvalue weighted by Crippen LogP contribution is -2.32. The van der Waals surface area contributed by atoms with Gasteiger partial charge in [-0.2, -0.15) is 0 Å². The summed E-state index contributed by atoms with van der Waals surface area (Å²) in [7, 11) is 1.39. The van der Waals surface area contributed by atoms with Crippen molar-refractivity contribution in [1.29, 1.82) is 0 Å². The zero-order valence-electron chi connectivity index (χ0n) is 14.1. The lowest BCUT2D eigenvalue weighted by atomic mass is 10.2. The Hall–Kier alpha value is -2.28. The van der Waals surface area contributed by atoms with Crippen LogP contribution < -0.4 is 15.0 Å². The van der Waals surface area contributed by atoms with Crippen molar-refractivity contribution >= 4 is 58.0 Å². The van der Waals surface area contributed by atoms with Crippen molar-refractivity contribution in [2.45, 2.75) is 6.92 Å². The molecule has 0 spiro atoms. The number of benzene rings is 2. The van der Waals surface area contributed by atoms with E-state index in [1.807, 2.05) is 0 Å². The number of carbonyl (C=O) groups excluding carboxylic acids is 2. The summed E-state index contributed by atoms with van der Waals surface area (Å²) < 4.78 is 18.5. The second-order valence-electron chi connectivity index (χ2n) is 5.66. The van der Waals surface area contributed by atoms with E-state index in [0.29, 0.717) is 16.3 Å². The largest absolute Gasteiger partial charge is 0.494 e. The maximum absolute atomic E-state index is 13.3. The summed E-state index contributed by atoms with van der Waals surface area (Å²) >= 11 is 17.9. The van der Waals surface area contributed by atoms with Gasteiger partial charge in [0.05, 0.1) is 17.8 Å². The van der Waals surface area contributed by atoms with Crippen LogP contribution in [0.15, 0.2) is 41.1 Å². The van der Waals surface area contributed by atoms with Gasteiger partial charge in [0, 0.05) is 16.8 Å². The zero-order chi connectivity index (χ0) is 19.9. The third-order valence-corrected chi connectivity index (χ3v) is 4.96. The number of nitrogens with zero attached hydrogens (tertiary/aromatic N) is 1. The lowest BCUT2D eigenvalue weighted by Gasteiger charge is -2.19. The summed E-state index contributed by atoms with van der Waals surface area (Å²) in [6.07, 6.45) is 0. The fourth-order valence-electron chi connectivity index (χ4n) is 2.53. The fourth-order valence-corrected chi connectivity index (χ4v) is 3.08.